The predicted octanol–water partition coefficient (Wildman–Crippen LogP) is 8.30. The molecule has 4 rings (SSSR count). The van der Waals surface area contributed by atoms with Crippen molar-refractivity contribution < 1.29 is 0 Å². The van der Waals surface area contributed by atoms with E-state index < -0.39 is 0 Å². The number of fused-ring (bicyclic) bond motifs is 1. The van der Waals surface area contributed by atoms with Crippen molar-refractivity contribution in [1.29, 1.82) is 0 Å². The first-order valence-corrected chi connectivity index (χ1v) is 11.3. The highest BCUT2D eigenvalue weighted by molar-refractivity contribution is 8.00. The second kappa shape index (κ2) is 8.85. The lowest BCUT2D eigenvalue weighted by Gasteiger charge is -2.04. The van der Waals surface area contributed by atoms with Crippen LogP contribution in [0.5, 0.6) is 0 Å². The smallest absolute Gasteiger partial charge is 0.151 e. The summed E-state index contributed by atoms with van der Waals surface area (Å²) >= 11 is 21.7. The van der Waals surface area contributed by atoms with Gasteiger partial charge in [-0.25, -0.2) is 4.98 Å². The molecule has 0 spiro atoms. The molecule has 0 saturated heterocycles. The fourth-order valence-electron chi connectivity index (χ4n) is 2.54. The van der Waals surface area contributed by atoms with Gasteiger partial charge in [-0.3, -0.25) is 4.99 Å². The van der Waals surface area contributed by atoms with Crippen molar-refractivity contribution in [3.63, 3.8) is 0 Å². The molecule has 0 saturated carbocycles. The molecule has 140 valence electrons. The molecule has 0 aliphatic carbocycles. The Balaban J connectivity index is 1.51. The van der Waals surface area contributed by atoms with Gasteiger partial charge in [0.15, 0.2) is 4.34 Å². The fourth-order valence-corrected chi connectivity index (χ4v) is 5.51. The maximum absolute atomic E-state index is 6.25. The number of aromatic nitrogens is 1. The van der Waals surface area contributed by atoms with Crippen molar-refractivity contribution in [3.8, 4) is 0 Å². The molecule has 0 amide bonds. The van der Waals surface area contributed by atoms with E-state index in [4.69, 9.17) is 34.8 Å². The number of nitrogens with zero attached hydrogens (tertiary/aromatic N) is 2. The molecule has 7 heteroatoms. The van der Waals surface area contributed by atoms with Crippen molar-refractivity contribution in [2.45, 2.75) is 10.1 Å². The highest BCUT2D eigenvalue weighted by Gasteiger charge is 2.09. The number of hydrogen-bond acceptors (Lipinski definition) is 4. The van der Waals surface area contributed by atoms with Gasteiger partial charge in [0.1, 0.15) is 0 Å². The number of halogens is 3. The van der Waals surface area contributed by atoms with E-state index in [0.29, 0.717) is 20.8 Å². The maximum Gasteiger partial charge on any atom is 0.151 e. The second-order valence-electron chi connectivity index (χ2n) is 5.93. The number of aliphatic imine (C=N–C) groups is 1. The molecule has 0 bridgehead atoms. The standard InChI is InChI=1S/C21H13Cl3N2S2/c22-14-6-4-13(5-7-14)11-25-15-8-9-19-20(10-15)28-21(26-19)27-12-16-17(23)2-1-3-18(16)24/h1-11H,12H2. The Morgan fingerprint density at radius 1 is 0.964 bits per heavy atom. The number of thioether (sulfide) groups is 1. The molecular formula is C21H13Cl3N2S2. The highest BCUT2D eigenvalue weighted by atomic mass is 35.5. The molecule has 0 atom stereocenters. The summed E-state index contributed by atoms with van der Waals surface area (Å²) in [6.07, 6.45) is 1.83. The van der Waals surface area contributed by atoms with Crippen LogP contribution < -0.4 is 0 Å². The van der Waals surface area contributed by atoms with E-state index in [1.165, 1.54) is 0 Å². The van der Waals surface area contributed by atoms with Crippen LogP contribution in [0.15, 0.2) is 70.0 Å². The third kappa shape index (κ3) is 4.70. The molecule has 2 nitrogen and oxygen atoms in total. The van der Waals surface area contributed by atoms with Crippen LogP contribution in [0.2, 0.25) is 15.1 Å². The number of thiazole rings is 1. The molecule has 0 fully saturated rings. The summed E-state index contributed by atoms with van der Waals surface area (Å²) in [5.74, 6) is 0.680. The van der Waals surface area contributed by atoms with Crippen LogP contribution >= 0.6 is 57.9 Å². The topological polar surface area (TPSA) is 25.2 Å². The largest absolute Gasteiger partial charge is 0.256 e. The Hall–Kier alpha value is -1.56. The molecule has 28 heavy (non-hydrogen) atoms. The van der Waals surface area contributed by atoms with E-state index in [0.717, 1.165) is 31.4 Å². The zero-order chi connectivity index (χ0) is 19.5. The van der Waals surface area contributed by atoms with Crippen LogP contribution in [0.3, 0.4) is 0 Å². The van der Waals surface area contributed by atoms with Gasteiger partial charge in [-0.15, -0.1) is 11.3 Å². The van der Waals surface area contributed by atoms with E-state index in [1.54, 1.807) is 23.1 Å². The molecule has 0 N–H and O–H groups in total. The van der Waals surface area contributed by atoms with Gasteiger partial charge in [0, 0.05) is 27.0 Å². The third-order valence-corrected chi connectivity index (χ3v) is 7.13. The van der Waals surface area contributed by atoms with E-state index in [1.807, 2.05) is 66.9 Å². The minimum Gasteiger partial charge on any atom is -0.256 e. The van der Waals surface area contributed by atoms with Crippen molar-refractivity contribution in [3.05, 3.63) is 86.9 Å². The third-order valence-electron chi connectivity index (χ3n) is 3.99. The van der Waals surface area contributed by atoms with Gasteiger partial charge in [0.2, 0.25) is 0 Å². The van der Waals surface area contributed by atoms with Gasteiger partial charge >= 0.3 is 0 Å². The average Bonchev–Trinajstić information content (AvgIpc) is 3.09. The maximum atomic E-state index is 6.25. The molecule has 0 unspecified atom stereocenters. The lowest BCUT2D eigenvalue weighted by atomic mass is 10.2. The van der Waals surface area contributed by atoms with E-state index in [-0.39, 0.29) is 0 Å². The minimum absolute atomic E-state index is 0.680. The molecular weight excluding hydrogens is 451 g/mol. The van der Waals surface area contributed by atoms with Crippen molar-refractivity contribution >= 4 is 80.0 Å². The summed E-state index contributed by atoms with van der Waals surface area (Å²) in [5, 5.41) is 2.08. The van der Waals surface area contributed by atoms with Gasteiger partial charge in [-0.05, 0) is 53.6 Å². The van der Waals surface area contributed by atoms with Crippen molar-refractivity contribution in [2.75, 3.05) is 0 Å². The average molecular weight is 464 g/mol. The summed E-state index contributed by atoms with van der Waals surface area (Å²) in [6, 6.07) is 19.1. The van der Waals surface area contributed by atoms with Crippen LogP contribution in [0.25, 0.3) is 10.2 Å². The van der Waals surface area contributed by atoms with Crippen LogP contribution in [-0.2, 0) is 5.75 Å². The van der Waals surface area contributed by atoms with Crippen LogP contribution in [-0.4, -0.2) is 11.2 Å². The molecule has 3 aromatic carbocycles. The number of rotatable bonds is 5. The Morgan fingerprint density at radius 2 is 1.71 bits per heavy atom. The molecule has 1 heterocycles. The monoisotopic (exact) mass is 462 g/mol. The first kappa shape index (κ1) is 19.7. The highest BCUT2D eigenvalue weighted by Crippen LogP contribution is 2.36. The lowest BCUT2D eigenvalue weighted by molar-refractivity contribution is 1.29. The summed E-state index contributed by atoms with van der Waals surface area (Å²) in [4.78, 5) is 9.24. The van der Waals surface area contributed by atoms with Crippen LogP contribution in [0.4, 0.5) is 5.69 Å². The van der Waals surface area contributed by atoms with Gasteiger partial charge in [-0.1, -0.05) is 64.8 Å². The molecule has 4 aromatic rings. The Kier molecular flexibility index (Phi) is 6.24. The normalized spacial score (nSPS) is 11.5. The van der Waals surface area contributed by atoms with E-state index >= 15 is 0 Å². The second-order valence-corrected chi connectivity index (χ2v) is 9.43. The summed E-state index contributed by atoms with van der Waals surface area (Å²) in [6.45, 7) is 0. The Labute approximate surface area is 186 Å². The Bertz CT molecular complexity index is 1130. The van der Waals surface area contributed by atoms with Gasteiger partial charge < -0.3 is 0 Å². The lowest BCUT2D eigenvalue weighted by Crippen LogP contribution is -1.84. The summed E-state index contributed by atoms with van der Waals surface area (Å²) < 4.78 is 2.07. The van der Waals surface area contributed by atoms with Gasteiger partial charge in [-0.2, -0.15) is 0 Å². The zero-order valence-electron chi connectivity index (χ0n) is 14.4. The van der Waals surface area contributed by atoms with Gasteiger partial charge in [0.25, 0.3) is 0 Å². The SMILES string of the molecule is Clc1ccc(C=Nc2ccc3nc(SCc4c(Cl)cccc4Cl)sc3c2)cc1. The summed E-state index contributed by atoms with van der Waals surface area (Å²) in [7, 11) is 0. The molecule has 0 aliphatic rings. The first-order chi connectivity index (χ1) is 13.6. The fraction of sp³-hybridized carbons (Fsp3) is 0.0476. The van der Waals surface area contributed by atoms with E-state index in [9.17, 15) is 0 Å². The predicted molar refractivity (Wildman–Crippen MR) is 124 cm³/mol. The molecule has 1 aromatic heterocycles. The Morgan fingerprint density at radius 3 is 2.46 bits per heavy atom. The number of benzene rings is 3. The van der Waals surface area contributed by atoms with E-state index in [2.05, 4.69) is 9.98 Å². The van der Waals surface area contributed by atoms with Crippen molar-refractivity contribution in [1.82, 2.24) is 4.98 Å². The zero-order valence-corrected chi connectivity index (χ0v) is 18.3. The van der Waals surface area contributed by atoms with Crippen LogP contribution in [0, 0.1) is 0 Å². The van der Waals surface area contributed by atoms with Crippen LogP contribution in [0.1, 0.15) is 11.1 Å². The molecule has 0 aliphatic heterocycles. The number of hydrogen-bond donors (Lipinski definition) is 0. The van der Waals surface area contributed by atoms with Gasteiger partial charge in [0.05, 0.1) is 15.9 Å². The molecule has 0 radical (unpaired) electrons. The quantitative estimate of drug-likeness (QED) is 0.220. The first-order valence-electron chi connectivity index (χ1n) is 8.34. The van der Waals surface area contributed by atoms with Crippen molar-refractivity contribution in [2.24, 2.45) is 4.99 Å². The minimum atomic E-state index is 0.680. The summed E-state index contributed by atoms with van der Waals surface area (Å²) in [5.41, 5.74) is 3.78.